The van der Waals surface area contributed by atoms with Gasteiger partial charge in [0.05, 0.1) is 0 Å². The van der Waals surface area contributed by atoms with Crippen LogP contribution in [-0.2, 0) is 12.8 Å². The summed E-state index contributed by atoms with van der Waals surface area (Å²) in [5, 5.41) is 0.950. The summed E-state index contributed by atoms with van der Waals surface area (Å²) in [6, 6.07) is 10.0. The van der Waals surface area contributed by atoms with E-state index in [0.29, 0.717) is 22.6 Å². The van der Waals surface area contributed by atoms with Gasteiger partial charge in [0.25, 0.3) is 0 Å². The monoisotopic (exact) mass is 280 g/mol. The minimum absolute atomic E-state index is 0.475. The number of aromatic nitrogens is 2. The Morgan fingerprint density at radius 2 is 1.61 bits per heavy atom. The minimum Gasteiger partial charge on any atom is -0.220 e. The van der Waals surface area contributed by atoms with Crippen LogP contribution in [0, 0.1) is 0 Å². The quantitative estimate of drug-likeness (QED) is 0.780. The van der Waals surface area contributed by atoms with Gasteiger partial charge in [0.15, 0.2) is 0 Å². The van der Waals surface area contributed by atoms with E-state index in [1.165, 1.54) is 0 Å². The van der Waals surface area contributed by atoms with Crippen molar-refractivity contribution in [2.24, 2.45) is 0 Å². The molecule has 0 radical (unpaired) electrons. The molecule has 1 aromatic carbocycles. The third-order valence-electron chi connectivity index (χ3n) is 2.66. The van der Waals surface area contributed by atoms with E-state index in [2.05, 4.69) is 16.9 Å². The number of benzene rings is 1. The molecule has 1 aromatic heterocycles. The molecule has 0 unspecified atom stereocenters. The second-order valence-electron chi connectivity index (χ2n) is 4.11. The molecule has 1 heterocycles. The molecule has 0 aliphatic heterocycles. The molecule has 0 fully saturated rings. The molecule has 0 saturated heterocycles. The fraction of sp³-hybridized carbons (Fsp3) is 0.286. The van der Waals surface area contributed by atoms with E-state index in [9.17, 15) is 0 Å². The number of hydrogen-bond acceptors (Lipinski definition) is 2. The second kappa shape index (κ2) is 6.17. The molecule has 0 amide bonds. The van der Waals surface area contributed by atoms with E-state index in [1.807, 2.05) is 30.3 Å². The van der Waals surface area contributed by atoms with Gasteiger partial charge in [-0.1, -0.05) is 66.9 Å². The van der Waals surface area contributed by atoms with Gasteiger partial charge in [-0.05, 0) is 12.0 Å². The van der Waals surface area contributed by atoms with E-state index in [-0.39, 0.29) is 0 Å². The summed E-state index contributed by atoms with van der Waals surface area (Å²) < 4.78 is 0. The second-order valence-corrected chi connectivity index (χ2v) is 4.83. The van der Waals surface area contributed by atoms with Gasteiger partial charge in [-0.25, -0.2) is 9.97 Å². The summed E-state index contributed by atoms with van der Waals surface area (Å²) in [4.78, 5) is 8.64. The van der Waals surface area contributed by atoms with Crippen LogP contribution in [0.1, 0.15) is 30.3 Å². The van der Waals surface area contributed by atoms with Gasteiger partial charge in [0.2, 0.25) is 0 Å². The van der Waals surface area contributed by atoms with E-state index in [0.717, 1.165) is 24.0 Å². The smallest absolute Gasteiger partial charge is 0.137 e. The van der Waals surface area contributed by atoms with Crippen molar-refractivity contribution in [1.82, 2.24) is 9.97 Å². The average molecular weight is 281 g/mol. The first-order valence-corrected chi connectivity index (χ1v) is 6.71. The molecule has 2 nitrogen and oxygen atoms in total. The Morgan fingerprint density at radius 1 is 1.00 bits per heavy atom. The Labute approximate surface area is 117 Å². The first-order valence-electron chi connectivity index (χ1n) is 5.95. The fourth-order valence-corrected chi connectivity index (χ4v) is 2.40. The van der Waals surface area contributed by atoms with Gasteiger partial charge < -0.3 is 0 Å². The summed E-state index contributed by atoms with van der Waals surface area (Å²) in [6.07, 6.45) is 2.43. The molecule has 94 valence electrons. The van der Waals surface area contributed by atoms with Crippen molar-refractivity contribution in [3.8, 4) is 0 Å². The van der Waals surface area contributed by atoms with Gasteiger partial charge in [-0.15, -0.1) is 0 Å². The van der Waals surface area contributed by atoms with Crippen molar-refractivity contribution in [2.75, 3.05) is 0 Å². The highest BCUT2D eigenvalue weighted by molar-refractivity contribution is 6.34. The maximum atomic E-state index is 6.14. The van der Waals surface area contributed by atoms with Crippen molar-refractivity contribution in [3.63, 3.8) is 0 Å². The van der Waals surface area contributed by atoms with E-state index >= 15 is 0 Å². The number of hydrogen-bond donors (Lipinski definition) is 0. The predicted molar refractivity (Wildman–Crippen MR) is 75.3 cm³/mol. The Bertz CT molecular complexity index is 504. The summed E-state index contributed by atoms with van der Waals surface area (Å²) in [7, 11) is 0. The Morgan fingerprint density at radius 3 is 2.17 bits per heavy atom. The van der Waals surface area contributed by atoms with Gasteiger partial charge in [-0.2, -0.15) is 0 Å². The first-order chi connectivity index (χ1) is 8.70. The van der Waals surface area contributed by atoms with Crippen LogP contribution in [0.15, 0.2) is 30.3 Å². The molecule has 0 N–H and O–H groups in total. The van der Waals surface area contributed by atoms with Crippen LogP contribution in [0.2, 0.25) is 10.3 Å². The van der Waals surface area contributed by atoms with Crippen LogP contribution in [-0.4, -0.2) is 9.97 Å². The van der Waals surface area contributed by atoms with Crippen molar-refractivity contribution >= 4 is 23.2 Å². The Kier molecular flexibility index (Phi) is 4.56. The normalized spacial score (nSPS) is 10.6. The number of nitrogens with zero attached hydrogens (tertiary/aromatic N) is 2. The topological polar surface area (TPSA) is 25.8 Å². The van der Waals surface area contributed by atoms with Crippen LogP contribution >= 0.6 is 23.2 Å². The zero-order valence-corrected chi connectivity index (χ0v) is 11.7. The zero-order chi connectivity index (χ0) is 13.0. The van der Waals surface area contributed by atoms with Crippen molar-refractivity contribution < 1.29 is 0 Å². The zero-order valence-electron chi connectivity index (χ0n) is 10.2. The molecular formula is C14H14Cl2N2. The summed E-state index contributed by atoms with van der Waals surface area (Å²) in [5.74, 6) is 0.663. The standard InChI is InChI=1S/C14H14Cl2N2/c1-2-6-11-13(15)17-12(18-14(11)16)9-10-7-4-3-5-8-10/h3-5,7-8H,2,6,9H2,1H3. The van der Waals surface area contributed by atoms with Crippen LogP contribution in [0.5, 0.6) is 0 Å². The summed E-state index contributed by atoms with van der Waals surface area (Å²) in [6.45, 7) is 2.07. The molecule has 0 aliphatic rings. The molecule has 0 aliphatic carbocycles. The lowest BCUT2D eigenvalue weighted by Gasteiger charge is -2.07. The maximum Gasteiger partial charge on any atom is 0.137 e. The third-order valence-corrected chi connectivity index (χ3v) is 3.28. The third kappa shape index (κ3) is 3.21. The number of halogens is 2. The molecular weight excluding hydrogens is 267 g/mol. The molecule has 0 spiro atoms. The SMILES string of the molecule is CCCc1c(Cl)nc(Cc2ccccc2)nc1Cl. The van der Waals surface area contributed by atoms with Crippen LogP contribution in [0.4, 0.5) is 0 Å². The number of rotatable bonds is 4. The maximum absolute atomic E-state index is 6.14. The fourth-order valence-electron chi connectivity index (χ4n) is 1.79. The molecule has 0 saturated carbocycles. The van der Waals surface area contributed by atoms with Crippen LogP contribution in [0.3, 0.4) is 0 Å². The highest BCUT2D eigenvalue weighted by Gasteiger charge is 2.11. The van der Waals surface area contributed by atoms with Crippen molar-refractivity contribution in [3.05, 3.63) is 57.6 Å². The van der Waals surface area contributed by atoms with Gasteiger partial charge in [-0.3, -0.25) is 0 Å². The Hall–Kier alpha value is -1.12. The molecule has 0 bridgehead atoms. The van der Waals surface area contributed by atoms with E-state index < -0.39 is 0 Å². The largest absolute Gasteiger partial charge is 0.220 e. The molecule has 2 rings (SSSR count). The van der Waals surface area contributed by atoms with E-state index in [1.54, 1.807) is 0 Å². The molecule has 18 heavy (non-hydrogen) atoms. The summed E-state index contributed by atoms with van der Waals surface area (Å²) >= 11 is 12.3. The first kappa shape index (κ1) is 13.3. The highest BCUT2D eigenvalue weighted by Crippen LogP contribution is 2.23. The van der Waals surface area contributed by atoms with Crippen molar-refractivity contribution in [1.29, 1.82) is 0 Å². The summed E-state index contributed by atoms with van der Waals surface area (Å²) in [5.41, 5.74) is 1.99. The molecule has 0 atom stereocenters. The van der Waals surface area contributed by atoms with E-state index in [4.69, 9.17) is 23.2 Å². The van der Waals surface area contributed by atoms with Crippen molar-refractivity contribution in [2.45, 2.75) is 26.2 Å². The lowest BCUT2D eigenvalue weighted by Crippen LogP contribution is -2.01. The average Bonchev–Trinajstić information content (AvgIpc) is 2.35. The van der Waals surface area contributed by atoms with Crippen LogP contribution in [0.25, 0.3) is 0 Å². The van der Waals surface area contributed by atoms with Gasteiger partial charge in [0, 0.05) is 12.0 Å². The van der Waals surface area contributed by atoms with Gasteiger partial charge in [0.1, 0.15) is 16.1 Å². The van der Waals surface area contributed by atoms with Crippen LogP contribution < -0.4 is 0 Å². The lowest BCUT2D eigenvalue weighted by molar-refractivity contribution is 0.877. The highest BCUT2D eigenvalue weighted by atomic mass is 35.5. The lowest BCUT2D eigenvalue weighted by atomic mass is 10.1. The Balaban J connectivity index is 2.25. The molecule has 2 aromatic rings. The van der Waals surface area contributed by atoms with Gasteiger partial charge >= 0.3 is 0 Å². The molecule has 4 heteroatoms. The predicted octanol–water partition coefficient (Wildman–Crippen LogP) is 4.33. The minimum atomic E-state index is 0.475.